The van der Waals surface area contributed by atoms with Crippen molar-refractivity contribution >= 4 is 0 Å². The van der Waals surface area contributed by atoms with E-state index < -0.39 is 30.7 Å². The van der Waals surface area contributed by atoms with E-state index in [1.807, 2.05) is 0 Å². The predicted octanol–water partition coefficient (Wildman–Crippen LogP) is 2.25. The highest BCUT2D eigenvalue weighted by molar-refractivity contribution is 4.91. The van der Waals surface area contributed by atoms with E-state index in [0.29, 0.717) is 19.8 Å². The van der Waals surface area contributed by atoms with Crippen LogP contribution >= 0.6 is 0 Å². The van der Waals surface area contributed by atoms with Gasteiger partial charge in [0, 0.05) is 19.8 Å². The monoisotopic (exact) mass is 348 g/mol. The van der Waals surface area contributed by atoms with Gasteiger partial charge in [-0.15, -0.1) is 0 Å². The molecule has 1 heterocycles. The fraction of sp³-hybridized carbons (Fsp3) is 1.00. The minimum atomic E-state index is -0.878. The van der Waals surface area contributed by atoms with Crippen LogP contribution in [0.15, 0.2) is 0 Å². The number of hydrogen-bond acceptors (Lipinski definition) is 6. The van der Waals surface area contributed by atoms with Crippen LogP contribution in [0, 0.1) is 0 Å². The maximum absolute atomic E-state index is 10.7. The van der Waals surface area contributed by atoms with Crippen LogP contribution in [-0.2, 0) is 18.9 Å². The second-order valence-corrected chi connectivity index (χ2v) is 6.32. The lowest BCUT2D eigenvalue weighted by Crippen LogP contribution is -2.61. The summed E-state index contributed by atoms with van der Waals surface area (Å²) in [5.74, 6) is 0. The Morgan fingerprint density at radius 1 is 0.792 bits per heavy atom. The molecular weight excluding hydrogens is 312 g/mol. The van der Waals surface area contributed by atoms with E-state index in [2.05, 4.69) is 20.8 Å². The van der Waals surface area contributed by atoms with E-state index in [-0.39, 0.29) is 6.61 Å². The van der Waals surface area contributed by atoms with Gasteiger partial charge in [-0.25, -0.2) is 0 Å². The van der Waals surface area contributed by atoms with E-state index in [1.165, 1.54) is 0 Å². The number of rotatable bonds is 13. The van der Waals surface area contributed by atoms with E-state index in [9.17, 15) is 10.2 Å². The molecule has 0 aromatic rings. The second-order valence-electron chi connectivity index (χ2n) is 6.32. The average molecular weight is 348 g/mol. The lowest BCUT2D eigenvalue weighted by molar-refractivity contribution is -0.316. The third-order valence-electron chi connectivity index (χ3n) is 4.19. The van der Waals surface area contributed by atoms with E-state index >= 15 is 0 Å². The first kappa shape index (κ1) is 21.8. The zero-order valence-electron chi connectivity index (χ0n) is 15.5. The number of unbranched alkanes of at least 4 members (excludes halogenated alkanes) is 3. The third-order valence-corrected chi connectivity index (χ3v) is 4.19. The van der Waals surface area contributed by atoms with Crippen molar-refractivity contribution in [2.45, 2.75) is 90.0 Å². The van der Waals surface area contributed by atoms with Gasteiger partial charge in [-0.3, -0.25) is 0 Å². The molecule has 0 aliphatic carbocycles. The van der Waals surface area contributed by atoms with Gasteiger partial charge >= 0.3 is 0 Å². The summed E-state index contributed by atoms with van der Waals surface area (Å²) in [7, 11) is 0. The normalized spacial score (nSPS) is 30.6. The lowest BCUT2D eigenvalue weighted by atomic mass is 9.98. The summed E-state index contributed by atoms with van der Waals surface area (Å²) in [4.78, 5) is 0. The Labute approximate surface area is 146 Å². The molecule has 1 fully saturated rings. The Morgan fingerprint density at radius 2 is 1.29 bits per heavy atom. The third kappa shape index (κ3) is 6.94. The Morgan fingerprint density at radius 3 is 1.79 bits per heavy atom. The first-order valence-corrected chi connectivity index (χ1v) is 9.48. The zero-order valence-corrected chi connectivity index (χ0v) is 15.5. The summed E-state index contributed by atoms with van der Waals surface area (Å²) in [5, 5.41) is 20.3. The number of aliphatic hydroxyl groups is 2. The van der Waals surface area contributed by atoms with Crippen molar-refractivity contribution in [3.8, 4) is 0 Å². The van der Waals surface area contributed by atoms with Crippen molar-refractivity contribution in [3.05, 3.63) is 0 Å². The van der Waals surface area contributed by atoms with Gasteiger partial charge in [0.15, 0.2) is 6.29 Å². The maximum Gasteiger partial charge on any atom is 0.186 e. The first-order valence-electron chi connectivity index (χ1n) is 9.48. The van der Waals surface area contributed by atoms with Crippen LogP contribution in [0.4, 0.5) is 0 Å². The van der Waals surface area contributed by atoms with Crippen LogP contribution in [0.2, 0.25) is 0 Å². The van der Waals surface area contributed by atoms with Crippen molar-refractivity contribution < 1.29 is 29.2 Å². The molecule has 0 aromatic heterocycles. The smallest absolute Gasteiger partial charge is 0.186 e. The Balaban J connectivity index is 2.71. The van der Waals surface area contributed by atoms with Crippen molar-refractivity contribution in [2.24, 2.45) is 0 Å². The largest absolute Gasteiger partial charge is 0.394 e. The molecule has 1 saturated heterocycles. The number of aliphatic hydroxyl groups excluding tert-OH is 2. The highest BCUT2D eigenvalue weighted by Crippen LogP contribution is 2.27. The van der Waals surface area contributed by atoms with Crippen LogP contribution in [0.5, 0.6) is 0 Å². The molecule has 1 rings (SSSR count). The Bertz CT molecular complexity index is 301. The molecule has 0 saturated carbocycles. The van der Waals surface area contributed by atoms with Crippen LogP contribution in [0.3, 0.4) is 0 Å². The summed E-state index contributed by atoms with van der Waals surface area (Å²) >= 11 is 0. The van der Waals surface area contributed by atoms with Crippen molar-refractivity contribution in [3.63, 3.8) is 0 Å². The Kier molecular flexibility index (Phi) is 11.8. The molecule has 5 atom stereocenters. The molecule has 0 amide bonds. The summed E-state index contributed by atoms with van der Waals surface area (Å²) < 4.78 is 23.3. The van der Waals surface area contributed by atoms with Gasteiger partial charge in [-0.1, -0.05) is 40.0 Å². The highest BCUT2D eigenvalue weighted by Gasteiger charge is 2.46. The average Bonchev–Trinajstić information content (AvgIpc) is 2.59. The molecular formula is C18H36O6. The lowest BCUT2D eigenvalue weighted by Gasteiger charge is -2.43. The van der Waals surface area contributed by atoms with Crippen LogP contribution in [0.25, 0.3) is 0 Å². The van der Waals surface area contributed by atoms with Crippen LogP contribution in [-0.4, -0.2) is 67.3 Å². The fourth-order valence-electron chi connectivity index (χ4n) is 2.63. The van der Waals surface area contributed by atoms with Gasteiger partial charge < -0.3 is 29.2 Å². The molecule has 6 nitrogen and oxygen atoms in total. The molecule has 0 bridgehead atoms. The van der Waals surface area contributed by atoms with Crippen LogP contribution in [0.1, 0.15) is 59.3 Å². The minimum absolute atomic E-state index is 0.219. The number of ether oxygens (including phenoxy) is 4. The molecule has 6 heteroatoms. The maximum atomic E-state index is 10.7. The molecule has 144 valence electrons. The van der Waals surface area contributed by atoms with Crippen molar-refractivity contribution in [2.75, 3.05) is 26.4 Å². The van der Waals surface area contributed by atoms with Gasteiger partial charge in [0.05, 0.1) is 6.61 Å². The van der Waals surface area contributed by atoms with E-state index in [0.717, 1.165) is 38.5 Å². The molecule has 2 N–H and O–H groups in total. The number of hydrogen-bond donors (Lipinski definition) is 2. The molecule has 0 aromatic carbocycles. The molecule has 1 aliphatic heterocycles. The van der Waals surface area contributed by atoms with Gasteiger partial charge in [-0.05, 0) is 19.3 Å². The summed E-state index contributed by atoms with van der Waals surface area (Å²) in [6.45, 7) is 7.65. The zero-order chi connectivity index (χ0) is 17.8. The van der Waals surface area contributed by atoms with E-state index in [4.69, 9.17) is 18.9 Å². The first-order chi connectivity index (χ1) is 11.7. The quantitative estimate of drug-likeness (QED) is 0.497. The fourth-order valence-corrected chi connectivity index (χ4v) is 2.63. The standard InChI is InChI=1S/C18H36O6/c1-4-7-10-21-16-14(13-19)24-18(23-12-9-6-3)17(15(16)20)22-11-8-5-2/h14-20H,4-13H2,1-3H3. The summed E-state index contributed by atoms with van der Waals surface area (Å²) in [6, 6.07) is 0. The van der Waals surface area contributed by atoms with Gasteiger partial charge in [-0.2, -0.15) is 0 Å². The van der Waals surface area contributed by atoms with Crippen molar-refractivity contribution in [1.29, 1.82) is 0 Å². The molecule has 24 heavy (non-hydrogen) atoms. The van der Waals surface area contributed by atoms with Gasteiger partial charge in [0.2, 0.25) is 0 Å². The van der Waals surface area contributed by atoms with E-state index in [1.54, 1.807) is 0 Å². The highest BCUT2D eigenvalue weighted by atomic mass is 16.7. The SMILES string of the molecule is CCCCOC1OC(CO)C(OCCCC)C(O)C1OCCCC. The summed E-state index contributed by atoms with van der Waals surface area (Å²) in [6.07, 6.45) is 2.42. The van der Waals surface area contributed by atoms with Crippen molar-refractivity contribution in [1.82, 2.24) is 0 Å². The molecule has 5 unspecified atom stereocenters. The molecule has 0 spiro atoms. The van der Waals surface area contributed by atoms with Gasteiger partial charge in [0.25, 0.3) is 0 Å². The molecule has 1 aliphatic rings. The molecule has 0 radical (unpaired) electrons. The van der Waals surface area contributed by atoms with Crippen LogP contribution < -0.4 is 0 Å². The topological polar surface area (TPSA) is 77.4 Å². The summed E-state index contributed by atoms with van der Waals surface area (Å²) in [5.41, 5.74) is 0. The predicted molar refractivity (Wildman–Crippen MR) is 91.9 cm³/mol. The Hall–Kier alpha value is -0.240. The van der Waals surface area contributed by atoms with Gasteiger partial charge in [0.1, 0.15) is 24.4 Å². The minimum Gasteiger partial charge on any atom is -0.394 e. The second kappa shape index (κ2) is 13.0.